The molecule has 0 atom stereocenters. The molecule has 0 fully saturated rings. The van der Waals surface area contributed by atoms with E-state index in [-0.39, 0.29) is 17.2 Å². The number of aromatic carboxylic acids is 1. The van der Waals surface area contributed by atoms with E-state index in [0.717, 1.165) is 0 Å². The van der Waals surface area contributed by atoms with Crippen LogP contribution in [0.5, 0.6) is 0 Å². The molecule has 0 aliphatic carbocycles. The number of hydrogen-bond donors (Lipinski definition) is 2. The number of nitrogens with zero attached hydrogens (tertiary/aromatic N) is 2. The van der Waals surface area contributed by atoms with Crippen molar-refractivity contribution in [2.45, 2.75) is 0 Å². The molecule has 0 aliphatic rings. The fourth-order valence-corrected chi connectivity index (χ4v) is 1.97. The first-order valence-corrected chi connectivity index (χ1v) is 6.22. The first kappa shape index (κ1) is 12.9. The lowest BCUT2D eigenvalue weighted by molar-refractivity contribution is 0.0696. The van der Waals surface area contributed by atoms with Gasteiger partial charge in [-0.3, -0.25) is 4.79 Å². The monoisotopic (exact) mass is 281 g/mol. The zero-order chi connectivity index (χ0) is 14.8. The van der Waals surface area contributed by atoms with Gasteiger partial charge in [0.2, 0.25) is 0 Å². The van der Waals surface area contributed by atoms with E-state index in [4.69, 9.17) is 5.11 Å². The van der Waals surface area contributed by atoms with Gasteiger partial charge in [0.25, 0.3) is 5.91 Å². The van der Waals surface area contributed by atoms with Crippen LogP contribution in [0.15, 0.2) is 54.9 Å². The maximum absolute atomic E-state index is 12.1. The average molecular weight is 281 g/mol. The second-order valence-corrected chi connectivity index (χ2v) is 4.43. The van der Waals surface area contributed by atoms with Crippen molar-refractivity contribution in [2.24, 2.45) is 0 Å². The molecular weight excluding hydrogens is 270 g/mol. The van der Waals surface area contributed by atoms with Crippen molar-refractivity contribution in [1.29, 1.82) is 0 Å². The Bertz CT molecular complexity index is 806. The zero-order valence-corrected chi connectivity index (χ0v) is 10.9. The summed E-state index contributed by atoms with van der Waals surface area (Å²) in [5.41, 5.74) is 1.46. The minimum Gasteiger partial charge on any atom is -0.478 e. The van der Waals surface area contributed by atoms with E-state index in [9.17, 15) is 9.59 Å². The molecule has 6 heteroatoms. The van der Waals surface area contributed by atoms with Gasteiger partial charge in [-0.05, 0) is 30.3 Å². The van der Waals surface area contributed by atoms with Gasteiger partial charge in [-0.25, -0.2) is 9.78 Å². The summed E-state index contributed by atoms with van der Waals surface area (Å²) in [6.45, 7) is 0. The number of amides is 1. The third-order valence-corrected chi connectivity index (χ3v) is 2.96. The van der Waals surface area contributed by atoms with Crippen LogP contribution in [-0.2, 0) is 0 Å². The van der Waals surface area contributed by atoms with Crippen LogP contribution in [0.4, 0.5) is 5.69 Å². The van der Waals surface area contributed by atoms with Crippen molar-refractivity contribution in [3.8, 4) is 0 Å². The zero-order valence-electron chi connectivity index (χ0n) is 10.9. The van der Waals surface area contributed by atoms with Crippen molar-refractivity contribution in [2.75, 3.05) is 5.32 Å². The van der Waals surface area contributed by atoms with E-state index in [1.807, 2.05) is 12.1 Å². The molecule has 1 aromatic carbocycles. The summed E-state index contributed by atoms with van der Waals surface area (Å²) in [6, 6.07) is 11.5. The number of imidazole rings is 1. The number of carboxylic acids is 1. The number of carbonyl (C=O) groups is 2. The van der Waals surface area contributed by atoms with Crippen molar-refractivity contribution >= 4 is 23.2 Å². The molecule has 0 saturated heterocycles. The Morgan fingerprint density at radius 3 is 2.76 bits per heavy atom. The Kier molecular flexibility index (Phi) is 3.12. The molecule has 6 nitrogen and oxygen atoms in total. The van der Waals surface area contributed by atoms with Gasteiger partial charge in [0.15, 0.2) is 0 Å². The highest BCUT2D eigenvalue weighted by Crippen LogP contribution is 2.13. The molecular formula is C15H11N3O3. The van der Waals surface area contributed by atoms with Gasteiger partial charge < -0.3 is 14.8 Å². The molecule has 0 saturated carbocycles. The molecule has 0 aliphatic heterocycles. The summed E-state index contributed by atoms with van der Waals surface area (Å²) in [5.74, 6) is -1.43. The number of carbonyl (C=O) groups excluding carboxylic acids is 1. The highest BCUT2D eigenvalue weighted by Gasteiger charge is 2.11. The predicted octanol–water partition coefficient (Wildman–Crippen LogP) is 2.28. The topological polar surface area (TPSA) is 83.7 Å². The molecule has 0 radical (unpaired) electrons. The Labute approximate surface area is 119 Å². The van der Waals surface area contributed by atoms with Crippen molar-refractivity contribution in [3.63, 3.8) is 0 Å². The molecule has 0 unspecified atom stereocenters. The number of nitrogens with one attached hydrogen (secondary N) is 1. The van der Waals surface area contributed by atoms with E-state index in [1.165, 1.54) is 12.1 Å². The summed E-state index contributed by atoms with van der Waals surface area (Å²) in [7, 11) is 0. The van der Waals surface area contributed by atoms with E-state index in [0.29, 0.717) is 11.3 Å². The summed E-state index contributed by atoms with van der Waals surface area (Å²) in [6.07, 6.45) is 3.41. The number of hydrogen-bond acceptors (Lipinski definition) is 3. The second-order valence-electron chi connectivity index (χ2n) is 4.43. The van der Waals surface area contributed by atoms with Crippen LogP contribution in [0, 0.1) is 0 Å². The first-order valence-electron chi connectivity index (χ1n) is 6.22. The van der Waals surface area contributed by atoms with E-state index < -0.39 is 5.97 Å². The third kappa shape index (κ3) is 2.59. The Balaban J connectivity index is 1.85. The largest absolute Gasteiger partial charge is 0.478 e. The summed E-state index contributed by atoms with van der Waals surface area (Å²) in [5, 5.41) is 11.6. The van der Waals surface area contributed by atoms with Gasteiger partial charge in [-0.15, -0.1) is 0 Å². The number of carboxylic acid groups (broad SMARTS) is 1. The summed E-state index contributed by atoms with van der Waals surface area (Å²) < 4.78 is 1.74. The smallest absolute Gasteiger partial charge is 0.335 e. The van der Waals surface area contributed by atoms with Gasteiger partial charge in [-0.2, -0.15) is 0 Å². The van der Waals surface area contributed by atoms with Crippen LogP contribution in [0.25, 0.3) is 5.65 Å². The molecule has 104 valence electrons. The van der Waals surface area contributed by atoms with E-state index in [2.05, 4.69) is 10.3 Å². The van der Waals surface area contributed by atoms with Crippen molar-refractivity contribution in [3.05, 3.63) is 66.1 Å². The molecule has 0 bridgehead atoms. The number of anilines is 1. The van der Waals surface area contributed by atoms with Crippen LogP contribution >= 0.6 is 0 Å². The predicted molar refractivity (Wildman–Crippen MR) is 76.5 cm³/mol. The van der Waals surface area contributed by atoms with Crippen molar-refractivity contribution < 1.29 is 14.7 Å². The first-order chi connectivity index (χ1) is 10.1. The van der Waals surface area contributed by atoms with Crippen LogP contribution in [0.2, 0.25) is 0 Å². The van der Waals surface area contributed by atoms with Gasteiger partial charge in [0, 0.05) is 18.1 Å². The van der Waals surface area contributed by atoms with Gasteiger partial charge >= 0.3 is 5.97 Å². The van der Waals surface area contributed by atoms with Crippen molar-refractivity contribution in [1.82, 2.24) is 9.38 Å². The van der Waals surface area contributed by atoms with Crippen LogP contribution in [0.1, 0.15) is 20.8 Å². The molecule has 2 N–H and O–H groups in total. The van der Waals surface area contributed by atoms with Gasteiger partial charge in [0.1, 0.15) is 11.3 Å². The summed E-state index contributed by atoms with van der Waals surface area (Å²) in [4.78, 5) is 27.2. The van der Waals surface area contributed by atoms with E-state index >= 15 is 0 Å². The average Bonchev–Trinajstić information content (AvgIpc) is 2.91. The maximum atomic E-state index is 12.1. The molecule has 3 rings (SSSR count). The number of benzene rings is 1. The number of rotatable bonds is 3. The lowest BCUT2D eigenvalue weighted by Crippen LogP contribution is -2.12. The minimum atomic E-state index is -1.04. The highest BCUT2D eigenvalue weighted by atomic mass is 16.4. The summed E-state index contributed by atoms with van der Waals surface area (Å²) >= 11 is 0. The molecule has 21 heavy (non-hydrogen) atoms. The second kappa shape index (κ2) is 5.09. The molecule has 3 aromatic rings. The number of aromatic nitrogens is 2. The number of pyridine rings is 1. The molecule has 0 spiro atoms. The van der Waals surface area contributed by atoms with E-state index in [1.54, 1.807) is 35.0 Å². The van der Waals surface area contributed by atoms with Gasteiger partial charge in [-0.1, -0.05) is 12.1 Å². The molecule has 1 amide bonds. The third-order valence-electron chi connectivity index (χ3n) is 2.96. The minimum absolute atomic E-state index is 0.114. The Morgan fingerprint density at radius 1 is 1.14 bits per heavy atom. The quantitative estimate of drug-likeness (QED) is 0.771. The van der Waals surface area contributed by atoms with Gasteiger partial charge in [0.05, 0.1) is 5.56 Å². The molecule has 2 aromatic heterocycles. The Hall–Kier alpha value is -3.15. The fraction of sp³-hybridized carbons (Fsp3) is 0. The normalized spacial score (nSPS) is 10.5. The Morgan fingerprint density at radius 2 is 2.00 bits per heavy atom. The van der Waals surface area contributed by atoms with Crippen LogP contribution in [-0.4, -0.2) is 26.4 Å². The lowest BCUT2D eigenvalue weighted by atomic mass is 10.2. The maximum Gasteiger partial charge on any atom is 0.335 e. The standard InChI is InChI=1S/C15H11N3O3/c19-14(12-9-18-7-2-1-6-13(18)17-12)16-11-5-3-4-10(8-11)15(20)21/h1-9H,(H,16,19)(H,20,21). The molecule has 2 heterocycles. The highest BCUT2D eigenvalue weighted by molar-refractivity contribution is 6.03. The van der Waals surface area contributed by atoms with Crippen LogP contribution < -0.4 is 5.32 Å². The lowest BCUT2D eigenvalue weighted by Gasteiger charge is -2.03. The fourth-order valence-electron chi connectivity index (χ4n) is 1.97. The number of fused-ring (bicyclic) bond motifs is 1. The van der Waals surface area contributed by atoms with Crippen LogP contribution in [0.3, 0.4) is 0 Å². The SMILES string of the molecule is O=C(O)c1cccc(NC(=O)c2cn3ccccc3n2)c1.